The van der Waals surface area contributed by atoms with Gasteiger partial charge in [-0.2, -0.15) is 5.26 Å². The molecule has 94 valence electrons. The van der Waals surface area contributed by atoms with Crippen molar-refractivity contribution in [1.82, 2.24) is 5.32 Å². The second kappa shape index (κ2) is 5.98. The number of nitrogens with zero attached hydrogens (tertiary/aromatic N) is 2. The Morgan fingerprint density at radius 1 is 1.67 bits per heavy atom. The number of carbonyl (C=O) groups is 1. The molecule has 0 saturated carbocycles. The predicted molar refractivity (Wildman–Crippen MR) is 65.3 cm³/mol. The van der Waals surface area contributed by atoms with Crippen LogP contribution in [0.5, 0.6) is 0 Å². The van der Waals surface area contributed by atoms with E-state index in [1.807, 2.05) is 6.07 Å². The molecular weight excluding hydrogens is 258 g/mol. The molecular formula is C11H10ClN3O3. The van der Waals surface area contributed by atoms with Gasteiger partial charge in [0, 0.05) is 12.1 Å². The molecule has 1 aromatic carbocycles. The van der Waals surface area contributed by atoms with Crippen LogP contribution in [0.25, 0.3) is 0 Å². The first kappa shape index (κ1) is 13.9. The van der Waals surface area contributed by atoms with Crippen LogP contribution in [0, 0.1) is 21.4 Å². The summed E-state index contributed by atoms with van der Waals surface area (Å²) in [7, 11) is 0. The van der Waals surface area contributed by atoms with Gasteiger partial charge in [-0.3, -0.25) is 14.9 Å². The smallest absolute Gasteiger partial charge is 0.270 e. The number of carbonyl (C=O) groups excluding carboxylic acids is 1. The minimum absolute atomic E-state index is 0.0143. The zero-order valence-electron chi connectivity index (χ0n) is 9.51. The Morgan fingerprint density at radius 2 is 2.33 bits per heavy atom. The number of nitrogens with one attached hydrogen (secondary N) is 1. The van der Waals surface area contributed by atoms with Crippen molar-refractivity contribution in [3.63, 3.8) is 0 Å². The summed E-state index contributed by atoms with van der Waals surface area (Å²) in [6, 6.07) is 4.83. The first-order valence-corrected chi connectivity index (χ1v) is 5.51. The maximum Gasteiger partial charge on any atom is 0.270 e. The normalized spacial score (nSPS) is 11.4. The molecule has 1 amide bonds. The Bertz CT molecular complexity index is 525. The SMILES string of the molecule is CCC(C#N)NC(=O)c1cc([N+](=O)[O-])ccc1Cl. The van der Waals surface area contributed by atoms with Crippen molar-refractivity contribution in [3.8, 4) is 6.07 Å². The Balaban J connectivity index is 3.02. The van der Waals surface area contributed by atoms with Gasteiger partial charge >= 0.3 is 0 Å². The number of nitro groups is 1. The summed E-state index contributed by atoms with van der Waals surface area (Å²) in [5.74, 6) is -0.600. The maximum absolute atomic E-state index is 11.8. The summed E-state index contributed by atoms with van der Waals surface area (Å²) in [5.41, 5.74) is -0.242. The second-order valence-electron chi connectivity index (χ2n) is 3.48. The van der Waals surface area contributed by atoms with Crippen molar-refractivity contribution in [1.29, 1.82) is 5.26 Å². The molecule has 1 rings (SSSR count). The highest BCUT2D eigenvalue weighted by Crippen LogP contribution is 2.22. The monoisotopic (exact) mass is 267 g/mol. The van der Waals surface area contributed by atoms with E-state index in [1.54, 1.807) is 6.92 Å². The molecule has 6 nitrogen and oxygen atoms in total. The number of hydrogen-bond donors (Lipinski definition) is 1. The molecule has 1 unspecified atom stereocenters. The summed E-state index contributed by atoms with van der Waals surface area (Å²) in [5, 5.41) is 21.9. The van der Waals surface area contributed by atoms with Gasteiger partial charge < -0.3 is 5.32 Å². The molecule has 1 atom stereocenters. The summed E-state index contributed by atoms with van der Waals surface area (Å²) in [6.07, 6.45) is 0.439. The number of hydrogen-bond acceptors (Lipinski definition) is 4. The van der Waals surface area contributed by atoms with Gasteiger partial charge in [-0.25, -0.2) is 0 Å². The number of nitro benzene ring substituents is 1. The molecule has 7 heteroatoms. The van der Waals surface area contributed by atoms with Crippen LogP contribution in [0.2, 0.25) is 5.02 Å². The van der Waals surface area contributed by atoms with Gasteiger partial charge in [-0.15, -0.1) is 0 Å². The van der Waals surface area contributed by atoms with E-state index in [0.29, 0.717) is 6.42 Å². The van der Waals surface area contributed by atoms with Crippen LogP contribution in [0.1, 0.15) is 23.7 Å². The van der Waals surface area contributed by atoms with Crippen molar-refractivity contribution < 1.29 is 9.72 Å². The van der Waals surface area contributed by atoms with E-state index in [1.165, 1.54) is 12.1 Å². The summed E-state index contributed by atoms with van der Waals surface area (Å²) >= 11 is 5.80. The van der Waals surface area contributed by atoms with E-state index in [-0.39, 0.29) is 16.3 Å². The molecule has 0 aliphatic carbocycles. The van der Waals surface area contributed by atoms with E-state index < -0.39 is 16.9 Å². The van der Waals surface area contributed by atoms with Gasteiger partial charge in [-0.1, -0.05) is 18.5 Å². The maximum atomic E-state index is 11.8. The molecule has 0 aliphatic heterocycles. The minimum atomic E-state index is -0.646. The van der Waals surface area contributed by atoms with Gasteiger partial charge in [0.2, 0.25) is 0 Å². The standard InChI is InChI=1S/C11H10ClN3O3/c1-2-7(6-13)14-11(16)9-5-8(15(17)18)3-4-10(9)12/h3-5,7H,2H2,1H3,(H,14,16). The summed E-state index contributed by atoms with van der Waals surface area (Å²) < 4.78 is 0. The van der Waals surface area contributed by atoms with Gasteiger partial charge in [0.1, 0.15) is 6.04 Å². The molecule has 0 saturated heterocycles. The third-order valence-electron chi connectivity index (χ3n) is 2.27. The highest BCUT2D eigenvalue weighted by molar-refractivity contribution is 6.33. The number of amides is 1. The number of nitriles is 1. The van der Waals surface area contributed by atoms with Crippen molar-refractivity contribution in [3.05, 3.63) is 38.9 Å². The lowest BCUT2D eigenvalue weighted by Gasteiger charge is -2.09. The van der Waals surface area contributed by atoms with Crippen molar-refractivity contribution in [2.24, 2.45) is 0 Å². The highest BCUT2D eigenvalue weighted by atomic mass is 35.5. The quantitative estimate of drug-likeness (QED) is 0.668. The fourth-order valence-electron chi connectivity index (χ4n) is 1.26. The van der Waals surface area contributed by atoms with E-state index in [2.05, 4.69) is 5.32 Å². The Hall–Kier alpha value is -2.13. The topological polar surface area (TPSA) is 96.0 Å². The van der Waals surface area contributed by atoms with Crippen LogP contribution in [0.4, 0.5) is 5.69 Å². The molecule has 0 fully saturated rings. The zero-order chi connectivity index (χ0) is 13.7. The van der Waals surface area contributed by atoms with E-state index in [4.69, 9.17) is 16.9 Å². The average molecular weight is 268 g/mol. The van der Waals surface area contributed by atoms with E-state index in [0.717, 1.165) is 6.07 Å². The van der Waals surface area contributed by atoms with Crippen molar-refractivity contribution in [2.75, 3.05) is 0 Å². The highest BCUT2D eigenvalue weighted by Gasteiger charge is 2.17. The third-order valence-corrected chi connectivity index (χ3v) is 2.60. The Labute approximate surface area is 108 Å². The van der Waals surface area contributed by atoms with Gasteiger partial charge in [0.15, 0.2) is 0 Å². The lowest BCUT2D eigenvalue weighted by Crippen LogP contribution is -2.33. The third kappa shape index (κ3) is 3.18. The number of benzene rings is 1. The molecule has 18 heavy (non-hydrogen) atoms. The fourth-order valence-corrected chi connectivity index (χ4v) is 1.47. The molecule has 0 radical (unpaired) electrons. The predicted octanol–water partition coefficient (Wildman–Crippen LogP) is 2.28. The molecule has 0 heterocycles. The fraction of sp³-hybridized carbons (Fsp3) is 0.273. The molecule has 1 N–H and O–H groups in total. The van der Waals surface area contributed by atoms with E-state index >= 15 is 0 Å². The van der Waals surface area contributed by atoms with Crippen LogP contribution in [-0.2, 0) is 0 Å². The van der Waals surface area contributed by atoms with Crippen LogP contribution in [0.3, 0.4) is 0 Å². The summed E-state index contributed by atoms with van der Waals surface area (Å²) in [6.45, 7) is 1.74. The average Bonchev–Trinajstić information content (AvgIpc) is 2.35. The minimum Gasteiger partial charge on any atom is -0.336 e. The lowest BCUT2D eigenvalue weighted by molar-refractivity contribution is -0.384. The van der Waals surface area contributed by atoms with Crippen molar-refractivity contribution >= 4 is 23.2 Å². The first-order valence-electron chi connectivity index (χ1n) is 5.14. The number of rotatable bonds is 4. The summed E-state index contributed by atoms with van der Waals surface area (Å²) in [4.78, 5) is 21.8. The first-order chi connectivity index (χ1) is 8.49. The Kier molecular flexibility index (Phi) is 4.63. The molecule has 0 bridgehead atoms. The van der Waals surface area contributed by atoms with Crippen LogP contribution >= 0.6 is 11.6 Å². The zero-order valence-corrected chi connectivity index (χ0v) is 10.3. The number of non-ortho nitro benzene ring substituents is 1. The largest absolute Gasteiger partial charge is 0.336 e. The van der Waals surface area contributed by atoms with Gasteiger partial charge in [0.25, 0.3) is 11.6 Å². The van der Waals surface area contributed by atoms with Gasteiger partial charge in [0.05, 0.1) is 21.6 Å². The molecule has 0 aromatic heterocycles. The molecule has 1 aromatic rings. The van der Waals surface area contributed by atoms with Gasteiger partial charge in [-0.05, 0) is 12.5 Å². The number of halogens is 1. The van der Waals surface area contributed by atoms with Crippen LogP contribution < -0.4 is 5.32 Å². The second-order valence-corrected chi connectivity index (χ2v) is 3.89. The lowest BCUT2D eigenvalue weighted by atomic mass is 10.1. The molecule has 0 aliphatic rings. The van der Waals surface area contributed by atoms with Crippen LogP contribution in [0.15, 0.2) is 18.2 Å². The van der Waals surface area contributed by atoms with E-state index in [9.17, 15) is 14.9 Å². The van der Waals surface area contributed by atoms with Crippen LogP contribution in [-0.4, -0.2) is 16.9 Å². The Morgan fingerprint density at radius 3 is 2.83 bits per heavy atom. The molecule has 0 spiro atoms. The van der Waals surface area contributed by atoms with Crippen molar-refractivity contribution in [2.45, 2.75) is 19.4 Å².